The Bertz CT molecular complexity index is 1160. The maximum absolute atomic E-state index is 12.4. The minimum absolute atomic E-state index is 0.0991. The van der Waals surface area contributed by atoms with Crippen molar-refractivity contribution in [2.75, 3.05) is 0 Å². The van der Waals surface area contributed by atoms with Crippen LogP contribution >= 0.6 is 11.3 Å². The Morgan fingerprint density at radius 2 is 1.96 bits per heavy atom. The Morgan fingerprint density at radius 1 is 1.19 bits per heavy atom. The summed E-state index contributed by atoms with van der Waals surface area (Å²) in [6.45, 7) is 0.152. The third-order valence-electron chi connectivity index (χ3n) is 4.20. The van der Waals surface area contributed by atoms with Gasteiger partial charge in [0.2, 0.25) is 5.88 Å². The van der Waals surface area contributed by atoms with Gasteiger partial charge in [-0.1, -0.05) is 47.7 Å². The van der Waals surface area contributed by atoms with Crippen molar-refractivity contribution in [2.45, 2.75) is 6.54 Å². The molecule has 2 heterocycles. The van der Waals surface area contributed by atoms with Crippen LogP contribution in [0.15, 0.2) is 58.3 Å². The second-order valence-corrected chi connectivity index (χ2v) is 6.78. The number of fused-ring (bicyclic) bond motifs is 1. The standard InChI is InChI=1S/C20H13N3O2S/c21-10-13-5-1-2-6-14(13)12-23-19(24)18(26-20(23)25)9-15-11-22-17-8-4-3-7-16(15)17/h1-9,11,24H,12H2. The molecule has 0 bridgehead atoms. The number of thiazole rings is 1. The van der Waals surface area contributed by atoms with E-state index in [1.165, 1.54) is 4.57 Å². The first-order chi connectivity index (χ1) is 12.7. The molecule has 4 rings (SSSR count). The van der Waals surface area contributed by atoms with Gasteiger partial charge in [-0.2, -0.15) is 5.26 Å². The lowest BCUT2D eigenvalue weighted by Crippen LogP contribution is -2.14. The second-order valence-electron chi connectivity index (χ2n) is 5.79. The van der Waals surface area contributed by atoms with Crippen molar-refractivity contribution >= 4 is 34.9 Å². The molecular weight excluding hydrogens is 346 g/mol. The highest BCUT2D eigenvalue weighted by atomic mass is 32.1. The highest BCUT2D eigenvalue weighted by Gasteiger charge is 2.17. The normalized spacial score (nSPS) is 13.7. The van der Waals surface area contributed by atoms with E-state index in [2.05, 4.69) is 11.1 Å². The van der Waals surface area contributed by atoms with Crippen molar-refractivity contribution in [1.82, 2.24) is 4.57 Å². The van der Waals surface area contributed by atoms with E-state index in [9.17, 15) is 15.2 Å². The number of aromatic nitrogens is 1. The predicted molar refractivity (Wildman–Crippen MR) is 103 cm³/mol. The van der Waals surface area contributed by atoms with Crippen molar-refractivity contribution in [3.8, 4) is 11.9 Å². The highest BCUT2D eigenvalue weighted by Crippen LogP contribution is 2.34. The summed E-state index contributed by atoms with van der Waals surface area (Å²) in [6, 6.07) is 16.9. The Labute approximate surface area is 153 Å². The number of hydrogen-bond donors (Lipinski definition) is 1. The van der Waals surface area contributed by atoms with Crippen LogP contribution in [-0.4, -0.2) is 15.9 Å². The number of aromatic hydroxyl groups is 1. The maximum Gasteiger partial charge on any atom is 0.310 e. The van der Waals surface area contributed by atoms with Crippen LogP contribution in [0.4, 0.5) is 5.69 Å². The van der Waals surface area contributed by atoms with Gasteiger partial charge in [0, 0.05) is 17.4 Å². The summed E-state index contributed by atoms with van der Waals surface area (Å²) in [5.74, 6) is -0.0991. The fourth-order valence-corrected chi connectivity index (χ4v) is 3.72. The SMILES string of the molecule is N#Cc1ccccc1Cn1c(O)c(C=C2C=Nc3ccccc32)sc1=O. The zero-order valence-electron chi connectivity index (χ0n) is 13.6. The number of hydrogen-bond acceptors (Lipinski definition) is 5. The van der Waals surface area contributed by atoms with E-state index in [-0.39, 0.29) is 17.3 Å². The molecule has 3 aromatic rings. The molecule has 0 saturated carbocycles. The highest BCUT2D eigenvalue weighted by molar-refractivity contribution is 7.10. The second kappa shape index (κ2) is 6.47. The maximum atomic E-state index is 12.4. The number of rotatable bonds is 3. The zero-order chi connectivity index (χ0) is 18.1. The van der Waals surface area contributed by atoms with Crippen molar-refractivity contribution in [3.63, 3.8) is 0 Å². The number of para-hydroxylation sites is 1. The first-order valence-corrected chi connectivity index (χ1v) is 8.75. The summed E-state index contributed by atoms with van der Waals surface area (Å²) in [5, 5.41) is 19.7. The van der Waals surface area contributed by atoms with Crippen LogP contribution in [0.1, 0.15) is 21.6 Å². The smallest absolute Gasteiger partial charge is 0.310 e. The summed E-state index contributed by atoms with van der Waals surface area (Å²) < 4.78 is 1.28. The largest absolute Gasteiger partial charge is 0.493 e. The van der Waals surface area contributed by atoms with Crippen molar-refractivity contribution in [2.24, 2.45) is 4.99 Å². The molecule has 1 aromatic heterocycles. The lowest BCUT2D eigenvalue weighted by molar-refractivity contribution is 0.420. The first kappa shape index (κ1) is 16.1. The van der Waals surface area contributed by atoms with E-state index in [4.69, 9.17) is 0 Å². The first-order valence-electron chi connectivity index (χ1n) is 7.93. The number of allylic oxidation sites excluding steroid dienone is 1. The third-order valence-corrected chi connectivity index (χ3v) is 5.12. The van der Waals surface area contributed by atoms with Gasteiger partial charge in [-0.25, -0.2) is 0 Å². The van der Waals surface area contributed by atoms with Gasteiger partial charge >= 0.3 is 4.87 Å². The molecule has 0 spiro atoms. The Kier molecular flexibility index (Phi) is 3.99. The monoisotopic (exact) mass is 359 g/mol. The summed E-state index contributed by atoms with van der Waals surface area (Å²) in [5.41, 5.74) is 3.86. The Hall–Kier alpha value is -3.43. The molecule has 0 aliphatic carbocycles. The molecule has 0 amide bonds. The van der Waals surface area contributed by atoms with Crippen LogP contribution in [0.2, 0.25) is 0 Å². The lowest BCUT2D eigenvalue weighted by Gasteiger charge is -2.05. The van der Waals surface area contributed by atoms with Crippen LogP contribution in [0.25, 0.3) is 11.6 Å². The van der Waals surface area contributed by atoms with Gasteiger partial charge in [0.15, 0.2) is 0 Å². The minimum atomic E-state index is -0.273. The Morgan fingerprint density at radius 3 is 2.81 bits per heavy atom. The molecule has 1 aliphatic heterocycles. The summed E-state index contributed by atoms with van der Waals surface area (Å²) in [4.78, 5) is 16.9. The number of aliphatic imine (C=N–C) groups is 1. The molecule has 2 aromatic carbocycles. The molecule has 126 valence electrons. The molecule has 0 fully saturated rings. The topological polar surface area (TPSA) is 78.4 Å². The summed E-state index contributed by atoms with van der Waals surface area (Å²) in [6.07, 6.45) is 3.49. The van der Waals surface area contributed by atoms with Crippen LogP contribution in [0.5, 0.6) is 5.88 Å². The minimum Gasteiger partial charge on any atom is -0.493 e. The molecule has 6 heteroatoms. The summed E-state index contributed by atoms with van der Waals surface area (Å²) in [7, 11) is 0. The van der Waals surface area contributed by atoms with E-state index in [0.29, 0.717) is 16.0 Å². The van der Waals surface area contributed by atoms with E-state index >= 15 is 0 Å². The third kappa shape index (κ3) is 2.75. The van der Waals surface area contributed by atoms with Gasteiger partial charge in [0.05, 0.1) is 28.7 Å². The van der Waals surface area contributed by atoms with Crippen molar-refractivity contribution in [1.29, 1.82) is 5.26 Å². The van der Waals surface area contributed by atoms with Crippen LogP contribution < -0.4 is 4.87 Å². The molecule has 1 aliphatic rings. The number of benzene rings is 2. The van der Waals surface area contributed by atoms with Gasteiger partial charge in [0.1, 0.15) is 0 Å². The van der Waals surface area contributed by atoms with E-state index in [1.54, 1.807) is 36.6 Å². The van der Waals surface area contributed by atoms with E-state index < -0.39 is 0 Å². The zero-order valence-corrected chi connectivity index (χ0v) is 14.4. The van der Waals surface area contributed by atoms with Crippen LogP contribution in [0.3, 0.4) is 0 Å². The van der Waals surface area contributed by atoms with Gasteiger partial charge in [-0.15, -0.1) is 0 Å². The van der Waals surface area contributed by atoms with Crippen molar-refractivity contribution < 1.29 is 5.11 Å². The number of nitriles is 1. The van der Waals surface area contributed by atoms with Gasteiger partial charge in [-0.3, -0.25) is 14.4 Å². The lowest BCUT2D eigenvalue weighted by atomic mass is 10.1. The molecule has 0 radical (unpaired) electrons. The van der Waals surface area contributed by atoms with Crippen LogP contribution in [-0.2, 0) is 6.54 Å². The number of nitrogens with zero attached hydrogens (tertiary/aromatic N) is 3. The van der Waals surface area contributed by atoms with E-state index in [0.717, 1.165) is 28.2 Å². The fourth-order valence-electron chi connectivity index (χ4n) is 2.88. The fraction of sp³-hybridized carbons (Fsp3) is 0.0500. The van der Waals surface area contributed by atoms with E-state index in [1.807, 2.05) is 24.3 Å². The van der Waals surface area contributed by atoms with Crippen molar-refractivity contribution in [3.05, 3.63) is 79.8 Å². The average Bonchev–Trinajstić information content (AvgIpc) is 3.19. The molecule has 0 saturated heterocycles. The molecular formula is C20H13N3O2S. The molecule has 26 heavy (non-hydrogen) atoms. The Balaban J connectivity index is 1.73. The summed E-state index contributed by atoms with van der Waals surface area (Å²) >= 11 is 0.972. The average molecular weight is 359 g/mol. The molecule has 1 N–H and O–H groups in total. The van der Waals surface area contributed by atoms with Gasteiger partial charge in [0.25, 0.3) is 0 Å². The quantitative estimate of drug-likeness (QED) is 0.773. The predicted octanol–water partition coefficient (Wildman–Crippen LogP) is 3.79. The molecule has 0 atom stereocenters. The van der Waals surface area contributed by atoms with Crippen LogP contribution in [0, 0.1) is 11.3 Å². The molecule has 0 unspecified atom stereocenters. The molecule has 5 nitrogen and oxygen atoms in total. The van der Waals surface area contributed by atoms with Gasteiger partial charge < -0.3 is 5.11 Å². The van der Waals surface area contributed by atoms with Gasteiger partial charge in [-0.05, 0) is 23.8 Å².